The van der Waals surface area contributed by atoms with Crippen LogP contribution in [0.25, 0.3) is 0 Å². The van der Waals surface area contributed by atoms with Crippen molar-refractivity contribution in [3.8, 4) is 0 Å². The number of rotatable bonds is 10. The molecule has 15 heavy (non-hydrogen) atoms. The van der Waals surface area contributed by atoms with Crippen LogP contribution in [0.1, 0.15) is 52.4 Å². The highest BCUT2D eigenvalue weighted by atomic mass is 31.2. The Morgan fingerprint density at radius 3 is 2.13 bits per heavy atom. The highest BCUT2D eigenvalue weighted by molar-refractivity contribution is 7.45. The maximum Gasteiger partial charge on any atom is 0.267 e. The normalized spacial score (nSPS) is 15.1. The third-order valence-electron chi connectivity index (χ3n) is 1.95. The zero-order valence-electron chi connectivity index (χ0n) is 9.74. The Bertz CT molecular complexity index is 184. The summed E-state index contributed by atoms with van der Waals surface area (Å²) in [6.45, 7) is 4.44. The van der Waals surface area contributed by atoms with E-state index in [1.54, 1.807) is 0 Å². The summed E-state index contributed by atoms with van der Waals surface area (Å²) in [4.78, 5) is 11.1. The van der Waals surface area contributed by atoms with Crippen LogP contribution in [0.5, 0.6) is 0 Å². The van der Waals surface area contributed by atoms with E-state index in [1.165, 1.54) is 12.8 Å². The molecule has 0 rings (SSSR count). The van der Waals surface area contributed by atoms with E-state index in [9.17, 15) is 9.46 Å². The van der Waals surface area contributed by atoms with Gasteiger partial charge in [0.2, 0.25) is 0 Å². The molecule has 4 nitrogen and oxygen atoms in total. The van der Waals surface area contributed by atoms with Crippen molar-refractivity contribution in [3.63, 3.8) is 0 Å². The molecule has 0 amide bonds. The van der Waals surface area contributed by atoms with Gasteiger partial charge in [-0.25, -0.2) is 0 Å². The molecule has 0 spiro atoms. The Morgan fingerprint density at radius 2 is 1.53 bits per heavy atom. The van der Waals surface area contributed by atoms with Crippen LogP contribution in [-0.4, -0.2) is 13.2 Å². The minimum atomic E-state index is -4.01. The van der Waals surface area contributed by atoms with Crippen LogP contribution >= 0.6 is 7.82 Å². The largest absolute Gasteiger partial charge is 0.756 e. The van der Waals surface area contributed by atoms with E-state index >= 15 is 0 Å². The molecule has 5 heteroatoms. The summed E-state index contributed by atoms with van der Waals surface area (Å²) in [7, 11) is -4.01. The molecule has 0 heterocycles. The first-order valence-corrected chi connectivity index (χ1v) is 7.18. The van der Waals surface area contributed by atoms with Gasteiger partial charge in [-0.2, -0.15) is 0 Å². The smallest absolute Gasteiger partial charge is 0.267 e. The highest BCUT2D eigenvalue weighted by Gasteiger charge is 2.07. The molecule has 0 aromatic rings. The molecule has 0 aromatic heterocycles. The first kappa shape index (κ1) is 15.1. The third kappa shape index (κ3) is 10.4. The van der Waals surface area contributed by atoms with E-state index in [0.717, 1.165) is 19.3 Å². The molecule has 0 saturated heterocycles. The number of hydrogen-bond donors (Lipinski definition) is 0. The summed E-state index contributed by atoms with van der Waals surface area (Å²) in [5.74, 6) is 0. The lowest BCUT2D eigenvalue weighted by molar-refractivity contribution is -0.225. The predicted molar refractivity (Wildman–Crippen MR) is 58.6 cm³/mol. The maximum absolute atomic E-state index is 11.1. The van der Waals surface area contributed by atoms with Crippen LogP contribution in [0.2, 0.25) is 0 Å². The molecule has 0 fully saturated rings. The summed E-state index contributed by atoms with van der Waals surface area (Å²) < 4.78 is 20.3. The minimum Gasteiger partial charge on any atom is -0.756 e. The summed E-state index contributed by atoms with van der Waals surface area (Å²) in [5, 5.41) is 0. The molecular formula is C10H22O4P-. The molecular weight excluding hydrogens is 215 g/mol. The predicted octanol–water partition coefficient (Wildman–Crippen LogP) is 2.87. The fourth-order valence-corrected chi connectivity index (χ4v) is 1.96. The van der Waals surface area contributed by atoms with Crippen molar-refractivity contribution in [3.05, 3.63) is 0 Å². The van der Waals surface area contributed by atoms with E-state index in [2.05, 4.69) is 16.0 Å². The van der Waals surface area contributed by atoms with Gasteiger partial charge in [0.05, 0.1) is 13.2 Å². The van der Waals surface area contributed by atoms with Gasteiger partial charge in [0, 0.05) is 0 Å². The molecule has 0 radical (unpaired) electrons. The lowest BCUT2D eigenvalue weighted by Gasteiger charge is -2.22. The quantitative estimate of drug-likeness (QED) is 0.433. The molecule has 1 unspecified atom stereocenters. The maximum atomic E-state index is 11.1. The molecule has 0 aromatic carbocycles. The van der Waals surface area contributed by atoms with Crippen molar-refractivity contribution in [2.24, 2.45) is 0 Å². The average Bonchev–Trinajstić information content (AvgIpc) is 2.20. The van der Waals surface area contributed by atoms with Crippen molar-refractivity contribution in [2.75, 3.05) is 13.2 Å². The summed E-state index contributed by atoms with van der Waals surface area (Å²) in [5.41, 5.74) is 0. The van der Waals surface area contributed by atoms with Gasteiger partial charge in [-0.3, -0.25) is 4.57 Å². The number of phosphoric acid groups is 1. The van der Waals surface area contributed by atoms with Crippen LogP contribution in [0.3, 0.4) is 0 Å². The van der Waals surface area contributed by atoms with E-state index in [1.807, 2.05) is 6.92 Å². The van der Waals surface area contributed by atoms with Crippen molar-refractivity contribution in [1.82, 2.24) is 0 Å². The van der Waals surface area contributed by atoms with Gasteiger partial charge in [0.25, 0.3) is 7.82 Å². The molecule has 92 valence electrons. The van der Waals surface area contributed by atoms with E-state index in [4.69, 9.17) is 0 Å². The monoisotopic (exact) mass is 237 g/mol. The molecule has 0 bridgehead atoms. The second-order valence-electron chi connectivity index (χ2n) is 3.53. The van der Waals surface area contributed by atoms with Crippen molar-refractivity contribution in [1.29, 1.82) is 0 Å². The lowest BCUT2D eigenvalue weighted by atomic mass is 10.2. The molecule has 0 N–H and O–H groups in total. The molecule has 1 atom stereocenters. The van der Waals surface area contributed by atoms with Gasteiger partial charge in [0.1, 0.15) is 0 Å². The first-order chi connectivity index (χ1) is 7.12. The highest BCUT2D eigenvalue weighted by Crippen LogP contribution is 2.38. The third-order valence-corrected chi connectivity index (χ3v) is 2.95. The van der Waals surface area contributed by atoms with Gasteiger partial charge in [-0.15, -0.1) is 0 Å². The fourth-order valence-electron chi connectivity index (χ4n) is 1.12. The number of unbranched alkanes of at least 4 members (excludes halogenated alkanes) is 4. The van der Waals surface area contributed by atoms with Gasteiger partial charge in [-0.05, 0) is 12.8 Å². The van der Waals surface area contributed by atoms with E-state index in [-0.39, 0.29) is 13.2 Å². The zero-order chi connectivity index (χ0) is 11.6. The molecule has 0 aliphatic heterocycles. The Balaban J connectivity index is 3.36. The zero-order valence-corrected chi connectivity index (χ0v) is 10.6. The van der Waals surface area contributed by atoms with Gasteiger partial charge < -0.3 is 13.9 Å². The molecule has 0 saturated carbocycles. The van der Waals surface area contributed by atoms with Crippen molar-refractivity contribution in [2.45, 2.75) is 52.4 Å². The van der Waals surface area contributed by atoms with Crippen LogP contribution in [-0.2, 0) is 13.6 Å². The molecule has 0 aliphatic carbocycles. The van der Waals surface area contributed by atoms with Gasteiger partial charge in [-0.1, -0.05) is 39.5 Å². The Labute approximate surface area is 92.6 Å². The fraction of sp³-hybridized carbons (Fsp3) is 1.00. The standard InChI is InChI=1S/C10H23O4P/c1-3-5-6-7-8-10-14-15(11,12)13-9-4-2/h3-10H2,1-2H3,(H,11,12)/p-1. The van der Waals surface area contributed by atoms with Crippen LogP contribution < -0.4 is 4.89 Å². The Kier molecular flexibility index (Phi) is 9.41. The summed E-state index contributed by atoms with van der Waals surface area (Å²) >= 11 is 0. The van der Waals surface area contributed by atoms with Gasteiger partial charge >= 0.3 is 0 Å². The molecule has 0 aliphatic rings. The van der Waals surface area contributed by atoms with Crippen LogP contribution in [0.4, 0.5) is 0 Å². The summed E-state index contributed by atoms with van der Waals surface area (Å²) in [6, 6.07) is 0. The van der Waals surface area contributed by atoms with Gasteiger partial charge in [0.15, 0.2) is 0 Å². The first-order valence-electron chi connectivity index (χ1n) is 5.72. The van der Waals surface area contributed by atoms with Crippen LogP contribution in [0.15, 0.2) is 0 Å². The second kappa shape index (κ2) is 9.34. The summed E-state index contributed by atoms with van der Waals surface area (Å²) in [6.07, 6.45) is 5.98. The number of phosphoric ester groups is 1. The Hall–Kier alpha value is 0.110. The second-order valence-corrected chi connectivity index (χ2v) is 4.94. The number of hydrogen-bond acceptors (Lipinski definition) is 4. The average molecular weight is 237 g/mol. The van der Waals surface area contributed by atoms with Crippen molar-refractivity contribution < 1.29 is 18.5 Å². The van der Waals surface area contributed by atoms with E-state index in [0.29, 0.717) is 6.42 Å². The van der Waals surface area contributed by atoms with Crippen LogP contribution in [0, 0.1) is 0 Å². The van der Waals surface area contributed by atoms with Crippen molar-refractivity contribution >= 4 is 7.82 Å². The van der Waals surface area contributed by atoms with E-state index < -0.39 is 7.82 Å². The Morgan fingerprint density at radius 1 is 0.933 bits per heavy atom. The topological polar surface area (TPSA) is 58.6 Å². The lowest BCUT2D eigenvalue weighted by Crippen LogP contribution is -2.09. The minimum absolute atomic E-state index is 0.205. The SMILES string of the molecule is CCCCCCCOP(=O)([O-])OCCC.